The van der Waals surface area contributed by atoms with Crippen LogP contribution in [0, 0.1) is 23.7 Å². The molecule has 3 atom stereocenters. The quantitative estimate of drug-likeness (QED) is 0.370. The summed E-state index contributed by atoms with van der Waals surface area (Å²) in [5.41, 5.74) is 0. The predicted octanol–water partition coefficient (Wildman–Crippen LogP) is 6.54. The van der Waals surface area contributed by atoms with E-state index in [-0.39, 0.29) is 5.92 Å². The van der Waals surface area contributed by atoms with Gasteiger partial charge in [-0.2, -0.15) is 0 Å². The maximum absolute atomic E-state index is 11.7. The van der Waals surface area contributed by atoms with Gasteiger partial charge in [0.1, 0.15) is 0 Å². The van der Waals surface area contributed by atoms with Crippen LogP contribution < -0.4 is 0 Å². The lowest BCUT2D eigenvalue weighted by atomic mass is 9.80. The van der Waals surface area contributed by atoms with Crippen molar-refractivity contribution in [3.63, 3.8) is 0 Å². The van der Waals surface area contributed by atoms with E-state index >= 15 is 0 Å². The molecule has 0 aromatic heterocycles. The number of unbranched alkanes of at least 4 members (excludes halogenated alkanes) is 2. The monoisotopic (exact) mass is 312 g/mol. The van der Waals surface area contributed by atoms with E-state index in [1.165, 1.54) is 51.4 Å². The van der Waals surface area contributed by atoms with Gasteiger partial charge in [0, 0.05) is 0 Å². The fourth-order valence-electron chi connectivity index (χ4n) is 3.44. The zero-order chi connectivity index (χ0) is 17.0. The zero-order valence-electron chi connectivity index (χ0n) is 15.7. The topological polar surface area (TPSA) is 37.3 Å². The molecule has 0 aromatic rings. The van der Waals surface area contributed by atoms with Crippen LogP contribution in [0.4, 0.5) is 0 Å². The lowest BCUT2D eigenvalue weighted by molar-refractivity contribution is -0.144. The molecular weight excluding hydrogens is 272 g/mol. The molecule has 0 aromatic carbocycles. The Morgan fingerprint density at radius 2 is 1.50 bits per heavy atom. The molecule has 132 valence electrons. The molecule has 0 aliphatic carbocycles. The highest BCUT2D eigenvalue weighted by Gasteiger charge is 2.27. The van der Waals surface area contributed by atoms with Gasteiger partial charge in [-0.3, -0.25) is 4.79 Å². The fourth-order valence-corrected chi connectivity index (χ4v) is 3.44. The number of aliphatic carboxylic acids is 1. The van der Waals surface area contributed by atoms with Crippen LogP contribution in [0.25, 0.3) is 0 Å². The first-order valence-electron chi connectivity index (χ1n) is 9.65. The Hall–Kier alpha value is -0.530. The summed E-state index contributed by atoms with van der Waals surface area (Å²) in [6.07, 6.45) is 11.6. The molecule has 0 radical (unpaired) electrons. The largest absolute Gasteiger partial charge is 0.481 e. The highest BCUT2D eigenvalue weighted by atomic mass is 16.4. The van der Waals surface area contributed by atoms with Crippen LogP contribution in [0.2, 0.25) is 0 Å². The zero-order valence-corrected chi connectivity index (χ0v) is 15.7. The number of carboxylic acids is 1. The highest BCUT2D eigenvalue weighted by Crippen LogP contribution is 2.30. The van der Waals surface area contributed by atoms with E-state index in [1.807, 2.05) is 0 Å². The summed E-state index contributed by atoms with van der Waals surface area (Å²) in [6.45, 7) is 11.1. The van der Waals surface area contributed by atoms with Crippen LogP contribution in [0.1, 0.15) is 98.8 Å². The predicted molar refractivity (Wildman–Crippen MR) is 96.1 cm³/mol. The molecule has 0 amide bonds. The van der Waals surface area contributed by atoms with E-state index in [4.69, 9.17) is 0 Å². The molecule has 0 saturated heterocycles. The minimum atomic E-state index is -0.575. The van der Waals surface area contributed by atoms with Crippen molar-refractivity contribution in [1.29, 1.82) is 0 Å². The Kier molecular flexibility index (Phi) is 12.6. The Labute approximate surface area is 139 Å². The molecule has 3 unspecified atom stereocenters. The van der Waals surface area contributed by atoms with E-state index in [1.54, 1.807) is 0 Å². The van der Waals surface area contributed by atoms with Crippen molar-refractivity contribution in [2.24, 2.45) is 23.7 Å². The third kappa shape index (κ3) is 10.2. The second-order valence-corrected chi connectivity index (χ2v) is 7.63. The van der Waals surface area contributed by atoms with E-state index < -0.39 is 5.97 Å². The number of rotatable bonds is 14. The first-order valence-corrected chi connectivity index (χ1v) is 9.65. The van der Waals surface area contributed by atoms with Crippen LogP contribution in [0.15, 0.2) is 0 Å². The van der Waals surface area contributed by atoms with Crippen molar-refractivity contribution in [3.8, 4) is 0 Å². The summed E-state index contributed by atoms with van der Waals surface area (Å²) in [6, 6.07) is 0. The molecule has 0 fully saturated rings. The Morgan fingerprint density at radius 3 is 2.00 bits per heavy atom. The van der Waals surface area contributed by atoms with Crippen LogP contribution in [-0.4, -0.2) is 11.1 Å². The lowest BCUT2D eigenvalue weighted by Gasteiger charge is -2.25. The molecule has 0 heterocycles. The van der Waals surface area contributed by atoms with Gasteiger partial charge in [0.05, 0.1) is 5.92 Å². The Morgan fingerprint density at radius 1 is 0.864 bits per heavy atom. The molecule has 1 N–H and O–H groups in total. The van der Waals surface area contributed by atoms with Crippen molar-refractivity contribution >= 4 is 5.97 Å². The summed E-state index contributed by atoms with van der Waals surface area (Å²) in [5.74, 6) is 0.949. The molecular formula is C20H40O2. The molecule has 22 heavy (non-hydrogen) atoms. The van der Waals surface area contributed by atoms with E-state index in [0.717, 1.165) is 18.8 Å². The molecule has 0 spiro atoms. The van der Waals surface area contributed by atoms with E-state index in [0.29, 0.717) is 11.8 Å². The molecule has 0 aliphatic heterocycles. The summed E-state index contributed by atoms with van der Waals surface area (Å²) >= 11 is 0. The van der Waals surface area contributed by atoms with E-state index in [2.05, 4.69) is 34.6 Å². The average molecular weight is 313 g/mol. The lowest BCUT2D eigenvalue weighted by Crippen LogP contribution is -2.25. The molecule has 2 nitrogen and oxygen atoms in total. The molecule has 0 aliphatic rings. The van der Waals surface area contributed by atoms with Gasteiger partial charge in [-0.25, -0.2) is 0 Å². The average Bonchev–Trinajstić information content (AvgIpc) is 2.45. The fraction of sp³-hybridized carbons (Fsp3) is 0.950. The van der Waals surface area contributed by atoms with Crippen molar-refractivity contribution < 1.29 is 9.90 Å². The number of hydrogen-bond acceptors (Lipinski definition) is 1. The summed E-state index contributed by atoms with van der Waals surface area (Å²) in [5, 5.41) is 9.63. The molecule has 0 bridgehead atoms. The van der Waals surface area contributed by atoms with Crippen molar-refractivity contribution in [2.45, 2.75) is 98.8 Å². The second kappa shape index (κ2) is 13.0. The number of carboxylic acid groups (broad SMARTS) is 1. The van der Waals surface area contributed by atoms with Crippen LogP contribution in [-0.2, 0) is 4.79 Å². The normalized spacial score (nSPS) is 15.7. The minimum absolute atomic E-state index is 0.146. The van der Waals surface area contributed by atoms with Crippen LogP contribution in [0.3, 0.4) is 0 Å². The molecule has 0 rings (SSSR count). The van der Waals surface area contributed by atoms with Gasteiger partial charge < -0.3 is 5.11 Å². The van der Waals surface area contributed by atoms with E-state index in [9.17, 15) is 9.90 Å². The van der Waals surface area contributed by atoms with Gasteiger partial charge in [0.2, 0.25) is 0 Å². The van der Waals surface area contributed by atoms with Crippen molar-refractivity contribution in [3.05, 3.63) is 0 Å². The van der Waals surface area contributed by atoms with Gasteiger partial charge in [-0.1, -0.05) is 86.0 Å². The Bertz CT molecular complexity index is 273. The third-order valence-electron chi connectivity index (χ3n) is 4.95. The van der Waals surface area contributed by atoms with Crippen molar-refractivity contribution in [2.75, 3.05) is 0 Å². The summed E-state index contributed by atoms with van der Waals surface area (Å²) in [4.78, 5) is 11.7. The third-order valence-corrected chi connectivity index (χ3v) is 4.95. The highest BCUT2D eigenvalue weighted by molar-refractivity contribution is 5.70. The van der Waals surface area contributed by atoms with Gasteiger partial charge in [0.25, 0.3) is 0 Å². The summed E-state index contributed by atoms with van der Waals surface area (Å²) in [7, 11) is 0. The minimum Gasteiger partial charge on any atom is -0.481 e. The van der Waals surface area contributed by atoms with Gasteiger partial charge in [0.15, 0.2) is 0 Å². The molecule has 0 saturated carbocycles. The first kappa shape index (κ1) is 21.5. The van der Waals surface area contributed by atoms with Crippen LogP contribution in [0.5, 0.6) is 0 Å². The molecule has 2 heteroatoms. The van der Waals surface area contributed by atoms with Gasteiger partial charge in [-0.15, -0.1) is 0 Å². The SMILES string of the molecule is CCCCC(CCC)CC(C(=O)O)C(C)CCCCC(C)C. The van der Waals surface area contributed by atoms with Crippen molar-refractivity contribution in [1.82, 2.24) is 0 Å². The van der Waals surface area contributed by atoms with Gasteiger partial charge in [-0.05, 0) is 30.6 Å². The maximum atomic E-state index is 11.7. The first-order chi connectivity index (χ1) is 10.4. The van der Waals surface area contributed by atoms with Crippen LogP contribution >= 0.6 is 0 Å². The maximum Gasteiger partial charge on any atom is 0.306 e. The Balaban J connectivity index is 4.38. The smallest absolute Gasteiger partial charge is 0.306 e. The number of hydrogen-bond donors (Lipinski definition) is 1. The van der Waals surface area contributed by atoms with Gasteiger partial charge >= 0.3 is 5.97 Å². The second-order valence-electron chi connectivity index (χ2n) is 7.63. The summed E-state index contributed by atoms with van der Waals surface area (Å²) < 4.78 is 0. The standard InChI is InChI=1S/C20H40O2/c1-6-8-14-18(11-7-2)15-19(20(21)22)17(5)13-10-9-12-16(3)4/h16-19H,6-15H2,1-5H3,(H,21,22). The number of carbonyl (C=O) groups is 1.